The van der Waals surface area contributed by atoms with Crippen molar-refractivity contribution < 1.29 is 4.79 Å². The molecule has 5 heteroatoms. The van der Waals surface area contributed by atoms with Gasteiger partial charge in [-0.1, -0.05) is 11.6 Å². The number of anilines is 1. The van der Waals surface area contributed by atoms with Crippen LogP contribution in [0.5, 0.6) is 0 Å². The SMILES string of the molecule is O=C(CCCl)Nc1ncccc1Cl. The molecule has 0 spiro atoms. The summed E-state index contributed by atoms with van der Waals surface area (Å²) in [4.78, 5) is 15.0. The number of carbonyl (C=O) groups is 1. The van der Waals surface area contributed by atoms with Crippen LogP contribution in [-0.2, 0) is 4.79 Å². The molecular weight excluding hydrogens is 211 g/mol. The highest BCUT2D eigenvalue weighted by Crippen LogP contribution is 2.17. The Hall–Kier alpha value is -0.800. The quantitative estimate of drug-likeness (QED) is 0.792. The minimum atomic E-state index is -0.185. The van der Waals surface area contributed by atoms with Crippen molar-refractivity contribution in [1.82, 2.24) is 4.98 Å². The molecule has 1 aromatic heterocycles. The largest absolute Gasteiger partial charge is 0.309 e. The monoisotopic (exact) mass is 218 g/mol. The van der Waals surface area contributed by atoms with Gasteiger partial charge >= 0.3 is 0 Å². The van der Waals surface area contributed by atoms with Crippen LogP contribution >= 0.6 is 23.2 Å². The molecule has 1 aromatic rings. The number of hydrogen-bond acceptors (Lipinski definition) is 2. The van der Waals surface area contributed by atoms with Crippen molar-refractivity contribution >= 4 is 34.9 Å². The Kier molecular flexibility index (Phi) is 3.99. The molecule has 0 aliphatic carbocycles. The van der Waals surface area contributed by atoms with E-state index in [0.29, 0.717) is 10.8 Å². The number of halogens is 2. The van der Waals surface area contributed by atoms with E-state index in [1.807, 2.05) is 0 Å². The highest BCUT2D eigenvalue weighted by molar-refractivity contribution is 6.33. The van der Waals surface area contributed by atoms with Gasteiger partial charge in [0.1, 0.15) is 0 Å². The first-order chi connectivity index (χ1) is 6.24. The molecule has 0 atom stereocenters. The standard InChI is InChI=1S/C8H8Cl2N2O/c9-4-3-7(13)12-8-6(10)2-1-5-11-8/h1-2,5H,3-4H2,(H,11,12,13). The maximum atomic E-state index is 11.1. The molecule has 1 N–H and O–H groups in total. The second kappa shape index (κ2) is 5.04. The summed E-state index contributed by atoms with van der Waals surface area (Å²) in [6, 6.07) is 3.35. The van der Waals surface area contributed by atoms with Gasteiger partial charge in [-0.15, -0.1) is 11.6 Å². The number of hydrogen-bond donors (Lipinski definition) is 1. The number of nitrogens with one attached hydrogen (secondary N) is 1. The normalized spacial score (nSPS) is 9.69. The van der Waals surface area contributed by atoms with E-state index in [0.717, 1.165) is 0 Å². The Morgan fingerprint density at radius 2 is 2.38 bits per heavy atom. The number of carbonyl (C=O) groups excluding carboxylic acids is 1. The Labute approximate surface area is 86.1 Å². The van der Waals surface area contributed by atoms with Crippen LogP contribution in [0.25, 0.3) is 0 Å². The van der Waals surface area contributed by atoms with Crippen molar-refractivity contribution in [3.8, 4) is 0 Å². The van der Waals surface area contributed by atoms with Gasteiger partial charge in [0.05, 0.1) is 5.02 Å². The summed E-state index contributed by atoms with van der Waals surface area (Å²) in [5.74, 6) is 0.478. The van der Waals surface area contributed by atoms with Crippen molar-refractivity contribution in [2.75, 3.05) is 11.2 Å². The zero-order valence-electron chi connectivity index (χ0n) is 6.76. The summed E-state index contributed by atoms with van der Waals surface area (Å²) in [6.07, 6.45) is 1.82. The predicted molar refractivity (Wildman–Crippen MR) is 53.2 cm³/mol. The fourth-order valence-corrected chi connectivity index (χ4v) is 1.10. The lowest BCUT2D eigenvalue weighted by Crippen LogP contribution is -2.12. The van der Waals surface area contributed by atoms with E-state index in [1.165, 1.54) is 0 Å². The second-order valence-electron chi connectivity index (χ2n) is 2.32. The molecule has 1 heterocycles. The molecule has 70 valence electrons. The molecule has 13 heavy (non-hydrogen) atoms. The Balaban J connectivity index is 2.63. The summed E-state index contributed by atoms with van der Waals surface area (Å²) >= 11 is 11.1. The van der Waals surface area contributed by atoms with Crippen LogP contribution in [0.2, 0.25) is 5.02 Å². The molecule has 3 nitrogen and oxygen atoms in total. The minimum absolute atomic E-state index is 0.185. The van der Waals surface area contributed by atoms with Crippen molar-refractivity contribution in [2.24, 2.45) is 0 Å². The van der Waals surface area contributed by atoms with Crippen LogP contribution in [0.15, 0.2) is 18.3 Å². The maximum Gasteiger partial charge on any atom is 0.226 e. The van der Waals surface area contributed by atoms with Crippen molar-refractivity contribution in [2.45, 2.75) is 6.42 Å². The van der Waals surface area contributed by atoms with Crippen LogP contribution in [0.4, 0.5) is 5.82 Å². The highest BCUT2D eigenvalue weighted by atomic mass is 35.5. The van der Waals surface area contributed by atoms with E-state index in [9.17, 15) is 4.79 Å². The molecule has 0 aliphatic rings. The molecule has 0 aliphatic heterocycles. The van der Waals surface area contributed by atoms with E-state index in [-0.39, 0.29) is 18.2 Å². The van der Waals surface area contributed by atoms with Gasteiger partial charge < -0.3 is 5.32 Å². The average Bonchev–Trinajstić information content (AvgIpc) is 2.09. The molecule has 0 saturated carbocycles. The van der Waals surface area contributed by atoms with E-state index >= 15 is 0 Å². The fourth-order valence-electron chi connectivity index (χ4n) is 0.758. The lowest BCUT2D eigenvalue weighted by molar-refractivity contribution is -0.115. The molecule has 0 unspecified atom stereocenters. The third-order valence-corrected chi connectivity index (χ3v) is 1.83. The first-order valence-corrected chi connectivity index (χ1v) is 4.61. The molecule has 1 amide bonds. The van der Waals surface area contributed by atoms with Gasteiger partial charge in [0, 0.05) is 18.5 Å². The Morgan fingerprint density at radius 3 is 3.00 bits per heavy atom. The fraction of sp³-hybridized carbons (Fsp3) is 0.250. The molecule has 1 rings (SSSR count). The van der Waals surface area contributed by atoms with Gasteiger partial charge in [-0.05, 0) is 12.1 Å². The number of nitrogens with zero attached hydrogens (tertiary/aromatic N) is 1. The van der Waals surface area contributed by atoms with E-state index in [1.54, 1.807) is 18.3 Å². The van der Waals surface area contributed by atoms with Gasteiger partial charge in [0.2, 0.25) is 5.91 Å². The number of pyridine rings is 1. The van der Waals surface area contributed by atoms with Crippen LogP contribution < -0.4 is 5.32 Å². The van der Waals surface area contributed by atoms with Crippen LogP contribution in [0.3, 0.4) is 0 Å². The zero-order chi connectivity index (χ0) is 9.68. The Bertz CT molecular complexity index is 304. The smallest absolute Gasteiger partial charge is 0.226 e. The van der Waals surface area contributed by atoms with Crippen LogP contribution in [0, 0.1) is 0 Å². The third kappa shape index (κ3) is 3.20. The molecule has 0 saturated heterocycles. The summed E-state index contributed by atoms with van der Waals surface area (Å²) in [5, 5.41) is 2.97. The van der Waals surface area contributed by atoms with E-state index in [2.05, 4.69) is 10.3 Å². The van der Waals surface area contributed by atoms with Gasteiger partial charge in [-0.2, -0.15) is 0 Å². The zero-order valence-corrected chi connectivity index (χ0v) is 8.27. The third-order valence-electron chi connectivity index (χ3n) is 1.34. The lowest BCUT2D eigenvalue weighted by Gasteiger charge is -2.03. The average molecular weight is 219 g/mol. The number of aromatic nitrogens is 1. The molecule has 0 radical (unpaired) electrons. The summed E-state index contributed by atoms with van der Waals surface area (Å²) in [7, 11) is 0. The molecule has 0 aromatic carbocycles. The van der Waals surface area contributed by atoms with E-state index < -0.39 is 0 Å². The van der Waals surface area contributed by atoms with Crippen LogP contribution in [0.1, 0.15) is 6.42 Å². The number of amides is 1. The van der Waals surface area contributed by atoms with Crippen molar-refractivity contribution in [3.63, 3.8) is 0 Å². The van der Waals surface area contributed by atoms with Gasteiger partial charge in [0.15, 0.2) is 5.82 Å². The lowest BCUT2D eigenvalue weighted by atomic mass is 10.4. The highest BCUT2D eigenvalue weighted by Gasteiger charge is 2.04. The second-order valence-corrected chi connectivity index (χ2v) is 3.11. The number of alkyl halides is 1. The van der Waals surface area contributed by atoms with E-state index in [4.69, 9.17) is 23.2 Å². The van der Waals surface area contributed by atoms with Gasteiger partial charge in [-0.3, -0.25) is 4.79 Å². The van der Waals surface area contributed by atoms with Gasteiger partial charge in [0.25, 0.3) is 0 Å². The first-order valence-electron chi connectivity index (χ1n) is 3.70. The predicted octanol–water partition coefficient (Wildman–Crippen LogP) is 2.30. The first kappa shape index (κ1) is 10.3. The number of rotatable bonds is 3. The van der Waals surface area contributed by atoms with Gasteiger partial charge in [-0.25, -0.2) is 4.98 Å². The summed E-state index contributed by atoms with van der Waals surface area (Å²) in [6.45, 7) is 0. The maximum absolute atomic E-state index is 11.1. The molecular formula is C8H8Cl2N2O. The minimum Gasteiger partial charge on any atom is -0.309 e. The van der Waals surface area contributed by atoms with Crippen molar-refractivity contribution in [1.29, 1.82) is 0 Å². The Morgan fingerprint density at radius 1 is 1.62 bits per heavy atom. The summed E-state index contributed by atoms with van der Waals surface area (Å²) < 4.78 is 0. The topological polar surface area (TPSA) is 42.0 Å². The molecule has 0 bridgehead atoms. The summed E-state index contributed by atoms with van der Waals surface area (Å²) in [5.41, 5.74) is 0. The van der Waals surface area contributed by atoms with Crippen LogP contribution in [-0.4, -0.2) is 16.8 Å². The molecule has 0 fully saturated rings. The van der Waals surface area contributed by atoms with Crippen molar-refractivity contribution in [3.05, 3.63) is 23.4 Å².